The van der Waals surface area contributed by atoms with E-state index in [2.05, 4.69) is 0 Å². The molecule has 0 aromatic rings. The summed E-state index contributed by atoms with van der Waals surface area (Å²) >= 11 is 0. The molecule has 84 valence electrons. The molecule has 1 aliphatic rings. The standard InChI is InChI=1S/C9H15N3O3/c1-9(11,8(10)15)4-5-12-6(13)2-3-7(12)14/h2-5,11H2,1H3,(H2,10,15). The van der Waals surface area contributed by atoms with Gasteiger partial charge in [0.15, 0.2) is 0 Å². The minimum atomic E-state index is -1.18. The van der Waals surface area contributed by atoms with Crippen molar-refractivity contribution in [2.24, 2.45) is 11.5 Å². The maximum atomic E-state index is 11.2. The second kappa shape index (κ2) is 3.98. The molecule has 15 heavy (non-hydrogen) atoms. The van der Waals surface area contributed by atoms with Gasteiger partial charge in [-0.25, -0.2) is 0 Å². The van der Waals surface area contributed by atoms with E-state index in [0.717, 1.165) is 4.90 Å². The van der Waals surface area contributed by atoms with Crippen molar-refractivity contribution in [2.45, 2.75) is 31.7 Å². The molecule has 0 bridgehead atoms. The molecule has 6 nitrogen and oxygen atoms in total. The van der Waals surface area contributed by atoms with Crippen LogP contribution in [0.4, 0.5) is 0 Å². The second-order valence-electron chi connectivity index (χ2n) is 3.97. The first-order valence-electron chi connectivity index (χ1n) is 4.76. The molecule has 1 aliphatic heterocycles. The van der Waals surface area contributed by atoms with Crippen molar-refractivity contribution in [3.63, 3.8) is 0 Å². The minimum absolute atomic E-state index is 0.160. The highest BCUT2D eigenvalue weighted by Crippen LogP contribution is 2.14. The van der Waals surface area contributed by atoms with E-state index in [1.165, 1.54) is 6.92 Å². The third-order valence-electron chi connectivity index (χ3n) is 2.57. The lowest BCUT2D eigenvalue weighted by Gasteiger charge is -2.23. The fourth-order valence-corrected chi connectivity index (χ4v) is 1.34. The van der Waals surface area contributed by atoms with E-state index in [0.29, 0.717) is 0 Å². The summed E-state index contributed by atoms with van der Waals surface area (Å²) in [5, 5.41) is 0. The van der Waals surface area contributed by atoms with Crippen LogP contribution in [0.15, 0.2) is 0 Å². The molecular formula is C9H15N3O3. The Kier molecular flexibility index (Phi) is 3.09. The van der Waals surface area contributed by atoms with E-state index in [9.17, 15) is 14.4 Å². The molecule has 6 heteroatoms. The lowest BCUT2D eigenvalue weighted by molar-refractivity contribution is -0.139. The van der Waals surface area contributed by atoms with Gasteiger partial charge >= 0.3 is 0 Å². The van der Waals surface area contributed by atoms with Crippen LogP contribution < -0.4 is 11.5 Å². The molecule has 1 saturated heterocycles. The topological polar surface area (TPSA) is 106 Å². The van der Waals surface area contributed by atoms with Crippen LogP contribution in [0.3, 0.4) is 0 Å². The molecule has 1 fully saturated rings. The lowest BCUT2D eigenvalue weighted by Crippen LogP contribution is -2.51. The first-order chi connectivity index (χ1) is 6.84. The second-order valence-corrected chi connectivity index (χ2v) is 3.97. The minimum Gasteiger partial charge on any atom is -0.368 e. The van der Waals surface area contributed by atoms with Crippen LogP contribution >= 0.6 is 0 Å². The molecule has 0 aliphatic carbocycles. The van der Waals surface area contributed by atoms with Crippen molar-refractivity contribution in [2.75, 3.05) is 6.54 Å². The number of rotatable bonds is 4. The van der Waals surface area contributed by atoms with Gasteiger partial charge < -0.3 is 11.5 Å². The quantitative estimate of drug-likeness (QED) is 0.567. The van der Waals surface area contributed by atoms with Gasteiger partial charge in [-0.1, -0.05) is 0 Å². The predicted molar refractivity (Wildman–Crippen MR) is 52.4 cm³/mol. The van der Waals surface area contributed by atoms with E-state index < -0.39 is 11.4 Å². The Morgan fingerprint density at radius 3 is 2.27 bits per heavy atom. The van der Waals surface area contributed by atoms with E-state index in [-0.39, 0.29) is 37.6 Å². The summed E-state index contributed by atoms with van der Waals surface area (Å²) in [5.41, 5.74) is 9.50. The van der Waals surface area contributed by atoms with Crippen molar-refractivity contribution in [3.05, 3.63) is 0 Å². The first-order valence-corrected chi connectivity index (χ1v) is 4.76. The highest BCUT2D eigenvalue weighted by molar-refractivity contribution is 6.01. The van der Waals surface area contributed by atoms with E-state index >= 15 is 0 Å². The maximum absolute atomic E-state index is 11.2. The van der Waals surface area contributed by atoms with Crippen molar-refractivity contribution in [1.29, 1.82) is 0 Å². The van der Waals surface area contributed by atoms with Crippen LogP contribution in [0.5, 0.6) is 0 Å². The molecule has 0 spiro atoms. The molecule has 1 rings (SSSR count). The number of carbonyl (C=O) groups excluding carboxylic acids is 3. The van der Waals surface area contributed by atoms with Crippen LogP contribution in [0, 0.1) is 0 Å². The molecule has 1 unspecified atom stereocenters. The number of amides is 3. The fourth-order valence-electron chi connectivity index (χ4n) is 1.34. The Bertz CT molecular complexity index is 296. The summed E-state index contributed by atoms with van der Waals surface area (Å²) in [4.78, 5) is 34.5. The summed E-state index contributed by atoms with van der Waals surface area (Å²) in [6.45, 7) is 1.65. The predicted octanol–water partition coefficient (Wildman–Crippen LogP) is -1.27. The van der Waals surface area contributed by atoms with Gasteiger partial charge in [0.2, 0.25) is 17.7 Å². The van der Waals surface area contributed by atoms with Crippen molar-refractivity contribution in [1.82, 2.24) is 4.90 Å². The molecular weight excluding hydrogens is 198 g/mol. The van der Waals surface area contributed by atoms with Crippen LogP contribution in [0.25, 0.3) is 0 Å². The fraction of sp³-hybridized carbons (Fsp3) is 0.667. The van der Waals surface area contributed by atoms with Gasteiger partial charge in [-0.3, -0.25) is 19.3 Å². The van der Waals surface area contributed by atoms with Gasteiger partial charge in [0.05, 0.1) is 5.54 Å². The molecule has 1 heterocycles. The summed E-state index contributed by atoms with van der Waals surface area (Å²) in [6, 6.07) is 0. The average Bonchev–Trinajstić information content (AvgIpc) is 2.43. The number of imide groups is 1. The van der Waals surface area contributed by atoms with Crippen LogP contribution in [-0.2, 0) is 14.4 Å². The van der Waals surface area contributed by atoms with Gasteiger partial charge in [0.25, 0.3) is 0 Å². The number of primary amides is 1. The van der Waals surface area contributed by atoms with Crippen molar-refractivity contribution >= 4 is 17.7 Å². The SMILES string of the molecule is CC(N)(CCN1C(=O)CCC1=O)C(N)=O. The number of hydrogen-bond acceptors (Lipinski definition) is 4. The van der Waals surface area contributed by atoms with Crippen LogP contribution in [0.1, 0.15) is 26.2 Å². The normalized spacial score (nSPS) is 20.5. The third kappa shape index (κ3) is 2.53. The zero-order chi connectivity index (χ0) is 11.6. The highest BCUT2D eigenvalue weighted by Gasteiger charge is 2.32. The van der Waals surface area contributed by atoms with Crippen molar-refractivity contribution in [3.8, 4) is 0 Å². The number of carbonyl (C=O) groups is 3. The summed E-state index contributed by atoms with van der Waals surface area (Å²) in [6.07, 6.45) is 0.688. The summed E-state index contributed by atoms with van der Waals surface area (Å²) in [7, 11) is 0. The molecule has 3 amide bonds. The van der Waals surface area contributed by atoms with Crippen LogP contribution in [0.2, 0.25) is 0 Å². The third-order valence-corrected chi connectivity index (χ3v) is 2.57. The average molecular weight is 213 g/mol. The van der Waals surface area contributed by atoms with Crippen LogP contribution in [-0.4, -0.2) is 34.7 Å². The van der Waals surface area contributed by atoms with Gasteiger partial charge in [-0.2, -0.15) is 0 Å². The summed E-state index contributed by atoms with van der Waals surface area (Å²) < 4.78 is 0. The number of hydrogen-bond donors (Lipinski definition) is 2. The summed E-state index contributed by atoms with van der Waals surface area (Å²) in [5.74, 6) is -1.05. The van der Waals surface area contributed by atoms with E-state index in [1.54, 1.807) is 0 Å². The van der Waals surface area contributed by atoms with Gasteiger partial charge in [-0.05, 0) is 13.3 Å². The molecule has 0 aromatic carbocycles. The largest absolute Gasteiger partial charge is 0.368 e. The van der Waals surface area contributed by atoms with Gasteiger partial charge in [0.1, 0.15) is 0 Å². The first kappa shape index (κ1) is 11.6. The van der Waals surface area contributed by atoms with E-state index in [1.807, 2.05) is 0 Å². The zero-order valence-corrected chi connectivity index (χ0v) is 8.66. The Balaban J connectivity index is 2.53. The highest BCUT2D eigenvalue weighted by atomic mass is 16.2. The zero-order valence-electron chi connectivity index (χ0n) is 8.66. The molecule has 0 radical (unpaired) electrons. The van der Waals surface area contributed by atoms with Gasteiger partial charge in [-0.15, -0.1) is 0 Å². The lowest BCUT2D eigenvalue weighted by atomic mass is 9.98. The Morgan fingerprint density at radius 1 is 1.40 bits per heavy atom. The van der Waals surface area contributed by atoms with Gasteiger partial charge in [0, 0.05) is 19.4 Å². The molecule has 1 atom stereocenters. The van der Waals surface area contributed by atoms with E-state index in [4.69, 9.17) is 11.5 Å². The van der Waals surface area contributed by atoms with Crippen molar-refractivity contribution < 1.29 is 14.4 Å². The molecule has 0 saturated carbocycles. The molecule has 4 N–H and O–H groups in total. The number of nitrogens with two attached hydrogens (primary N) is 2. The monoisotopic (exact) mass is 213 g/mol. The molecule has 0 aromatic heterocycles. The Labute approximate surface area is 87.6 Å². The maximum Gasteiger partial charge on any atom is 0.237 e. The Hall–Kier alpha value is -1.43. The Morgan fingerprint density at radius 2 is 1.87 bits per heavy atom. The number of likely N-dealkylation sites (tertiary alicyclic amines) is 1. The smallest absolute Gasteiger partial charge is 0.237 e. The number of nitrogens with zero attached hydrogens (tertiary/aromatic N) is 1.